The topological polar surface area (TPSA) is 151 Å². The van der Waals surface area contributed by atoms with Crippen LogP contribution in [0.15, 0.2) is 30.3 Å². The van der Waals surface area contributed by atoms with Crippen LogP contribution in [0.3, 0.4) is 0 Å². The Labute approximate surface area is 181 Å². The number of amides is 3. The Balaban J connectivity index is 3.01. The van der Waals surface area contributed by atoms with Crippen molar-refractivity contribution in [1.82, 2.24) is 16.0 Å². The van der Waals surface area contributed by atoms with E-state index in [1.807, 2.05) is 37.3 Å². The number of carboxylic acids is 1. The smallest absolute Gasteiger partial charge is 0.327 e. The van der Waals surface area contributed by atoms with E-state index in [-0.39, 0.29) is 24.6 Å². The van der Waals surface area contributed by atoms with E-state index in [1.54, 1.807) is 6.92 Å². The Morgan fingerprint density at radius 1 is 1.03 bits per heavy atom. The lowest BCUT2D eigenvalue weighted by molar-refractivity contribution is -0.142. The van der Waals surface area contributed by atoms with E-state index >= 15 is 0 Å². The van der Waals surface area contributed by atoms with E-state index in [2.05, 4.69) is 28.6 Å². The molecule has 4 atom stereocenters. The minimum atomic E-state index is -1.22. The molecule has 10 heteroatoms. The minimum absolute atomic E-state index is 0.0918. The van der Waals surface area contributed by atoms with Crippen LogP contribution in [0.4, 0.5) is 0 Å². The second-order valence-electron chi connectivity index (χ2n) is 6.97. The zero-order valence-corrected chi connectivity index (χ0v) is 18.0. The van der Waals surface area contributed by atoms with Gasteiger partial charge in [0.25, 0.3) is 0 Å². The SMILES string of the molecule is CCC(C)C(NC(=O)C(Cc1ccccc1)NC(=O)CN)C(=O)NC(CS)C(=O)O. The maximum atomic E-state index is 12.9. The maximum Gasteiger partial charge on any atom is 0.327 e. The van der Waals surface area contributed by atoms with Crippen molar-refractivity contribution in [2.24, 2.45) is 11.7 Å². The van der Waals surface area contributed by atoms with Gasteiger partial charge in [-0.15, -0.1) is 0 Å². The fraction of sp³-hybridized carbons (Fsp3) is 0.500. The molecule has 0 fully saturated rings. The third kappa shape index (κ3) is 8.03. The molecule has 166 valence electrons. The number of thiol groups is 1. The number of carboxylic acid groups (broad SMARTS) is 1. The Bertz CT molecular complexity index is 731. The number of nitrogens with two attached hydrogens (primary N) is 1. The summed E-state index contributed by atoms with van der Waals surface area (Å²) in [6.07, 6.45) is 0.775. The van der Waals surface area contributed by atoms with E-state index in [4.69, 9.17) is 10.8 Å². The number of hydrogen-bond donors (Lipinski definition) is 6. The van der Waals surface area contributed by atoms with E-state index in [1.165, 1.54) is 0 Å². The van der Waals surface area contributed by atoms with Gasteiger partial charge >= 0.3 is 5.97 Å². The normalized spacial score (nSPS) is 14.7. The molecule has 0 aliphatic heterocycles. The summed E-state index contributed by atoms with van der Waals surface area (Å²) in [4.78, 5) is 48.6. The van der Waals surface area contributed by atoms with Crippen LogP contribution in [0.2, 0.25) is 0 Å². The van der Waals surface area contributed by atoms with Gasteiger partial charge in [-0.05, 0) is 11.5 Å². The number of aliphatic carboxylic acids is 1. The Morgan fingerprint density at radius 2 is 1.67 bits per heavy atom. The van der Waals surface area contributed by atoms with Crippen molar-refractivity contribution < 1.29 is 24.3 Å². The first-order valence-corrected chi connectivity index (χ1v) is 10.3. The Hall–Kier alpha value is -2.59. The highest BCUT2D eigenvalue weighted by atomic mass is 32.1. The van der Waals surface area contributed by atoms with E-state index < -0.39 is 41.8 Å². The molecule has 30 heavy (non-hydrogen) atoms. The molecule has 9 nitrogen and oxygen atoms in total. The second kappa shape index (κ2) is 12.9. The average Bonchev–Trinajstić information content (AvgIpc) is 2.74. The van der Waals surface area contributed by atoms with Gasteiger partial charge in [-0.2, -0.15) is 12.6 Å². The molecular weight excluding hydrogens is 408 g/mol. The number of rotatable bonds is 12. The summed E-state index contributed by atoms with van der Waals surface area (Å²) in [6, 6.07) is 6.00. The van der Waals surface area contributed by atoms with Gasteiger partial charge in [0.05, 0.1) is 6.54 Å². The summed E-state index contributed by atoms with van der Waals surface area (Å²) >= 11 is 3.94. The predicted molar refractivity (Wildman–Crippen MR) is 116 cm³/mol. The zero-order chi connectivity index (χ0) is 22.7. The molecular formula is C20H30N4O5S. The number of hydrogen-bond acceptors (Lipinski definition) is 6. The van der Waals surface area contributed by atoms with Gasteiger partial charge in [-0.3, -0.25) is 14.4 Å². The van der Waals surface area contributed by atoms with Gasteiger partial charge in [-0.1, -0.05) is 50.6 Å². The van der Waals surface area contributed by atoms with Crippen LogP contribution in [-0.4, -0.2) is 59.2 Å². The minimum Gasteiger partial charge on any atom is -0.480 e. The number of benzene rings is 1. The largest absolute Gasteiger partial charge is 0.480 e. The van der Waals surface area contributed by atoms with Crippen LogP contribution in [0.5, 0.6) is 0 Å². The van der Waals surface area contributed by atoms with Gasteiger partial charge in [0.15, 0.2) is 0 Å². The summed E-state index contributed by atoms with van der Waals surface area (Å²) in [6.45, 7) is 3.34. The molecule has 0 heterocycles. The third-order valence-electron chi connectivity index (χ3n) is 4.71. The van der Waals surface area contributed by atoms with Crippen molar-refractivity contribution in [3.05, 3.63) is 35.9 Å². The molecule has 0 aromatic heterocycles. The molecule has 1 aromatic carbocycles. The molecule has 0 saturated carbocycles. The fourth-order valence-corrected chi connectivity index (χ4v) is 2.96. The lowest BCUT2D eigenvalue weighted by Gasteiger charge is -2.27. The quantitative estimate of drug-likeness (QED) is 0.247. The van der Waals surface area contributed by atoms with Gasteiger partial charge < -0.3 is 26.8 Å². The summed E-state index contributed by atoms with van der Waals surface area (Å²) in [5.74, 6) is -3.26. The monoisotopic (exact) mass is 438 g/mol. The molecule has 0 bridgehead atoms. The van der Waals surface area contributed by atoms with Gasteiger partial charge in [-0.25, -0.2) is 4.79 Å². The fourth-order valence-electron chi connectivity index (χ4n) is 2.72. The van der Waals surface area contributed by atoms with Crippen molar-refractivity contribution >= 4 is 36.3 Å². The van der Waals surface area contributed by atoms with Crippen molar-refractivity contribution in [3.63, 3.8) is 0 Å². The van der Waals surface area contributed by atoms with Crippen molar-refractivity contribution in [2.45, 2.75) is 44.8 Å². The highest BCUT2D eigenvalue weighted by Crippen LogP contribution is 2.10. The molecule has 1 aromatic rings. The summed E-state index contributed by atoms with van der Waals surface area (Å²) in [7, 11) is 0. The van der Waals surface area contributed by atoms with Crippen LogP contribution in [-0.2, 0) is 25.6 Å². The van der Waals surface area contributed by atoms with Crippen molar-refractivity contribution in [3.8, 4) is 0 Å². The first-order valence-electron chi connectivity index (χ1n) is 9.71. The summed E-state index contributed by atoms with van der Waals surface area (Å²) in [5, 5.41) is 16.8. The predicted octanol–water partition coefficient (Wildman–Crippen LogP) is -0.297. The summed E-state index contributed by atoms with van der Waals surface area (Å²) in [5.41, 5.74) is 6.18. The molecule has 6 N–H and O–H groups in total. The standard InChI is InChI=1S/C20H30N4O5S/c1-3-12(2)17(19(27)23-15(11-30)20(28)29)24-18(26)14(22-16(25)10-21)9-13-7-5-4-6-8-13/h4-8,12,14-15,17,30H,3,9-11,21H2,1-2H3,(H,22,25)(H,23,27)(H,24,26)(H,28,29). The zero-order valence-electron chi connectivity index (χ0n) is 17.1. The number of carbonyl (C=O) groups excluding carboxylic acids is 3. The summed E-state index contributed by atoms with van der Waals surface area (Å²) < 4.78 is 0. The van der Waals surface area contributed by atoms with Crippen LogP contribution in [0.1, 0.15) is 25.8 Å². The van der Waals surface area contributed by atoms with Crippen molar-refractivity contribution in [2.75, 3.05) is 12.3 Å². The van der Waals surface area contributed by atoms with Gasteiger partial charge in [0.2, 0.25) is 17.7 Å². The van der Waals surface area contributed by atoms with Crippen LogP contribution in [0.25, 0.3) is 0 Å². The maximum absolute atomic E-state index is 12.9. The van der Waals surface area contributed by atoms with E-state index in [0.717, 1.165) is 5.56 Å². The molecule has 1 rings (SSSR count). The van der Waals surface area contributed by atoms with Crippen LogP contribution in [0, 0.1) is 5.92 Å². The highest BCUT2D eigenvalue weighted by molar-refractivity contribution is 7.80. The molecule has 4 unspecified atom stereocenters. The second-order valence-corrected chi connectivity index (χ2v) is 7.33. The van der Waals surface area contributed by atoms with E-state index in [0.29, 0.717) is 6.42 Å². The average molecular weight is 439 g/mol. The Morgan fingerprint density at radius 3 is 2.17 bits per heavy atom. The lowest BCUT2D eigenvalue weighted by Crippen LogP contribution is -2.58. The Kier molecular flexibility index (Phi) is 10.9. The first kappa shape index (κ1) is 25.4. The molecule has 0 aliphatic carbocycles. The van der Waals surface area contributed by atoms with Gasteiger partial charge in [0.1, 0.15) is 18.1 Å². The highest BCUT2D eigenvalue weighted by Gasteiger charge is 2.31. The molecule has 0 saturated heterocycles. The van der Waals surface area contributed by atoms with Crippen LogP contribution >= 0.6 is 12.6 Å². The molecule has 0 spiro atoms. The van der Waals surface area contributed by atoms with Gasteiger partial charge in [0, 0.05) is 12.2 Å². The van der Waals surface area contributed by atoms with Crippen molar-refractivity contribution in [1.29, 1.82) is 0 Å². The molecule has 0 aliphatic rings. The lowest BCUT2D eigenvalue weighted by atomic mass is 9.97. The number of nitrogens with one attached hydrogen (secondary N) is 3. The first-order chi connectivity index (χ1) is 14.2. The molecule has 3 amide bonds. The van der Waals surface area contributed by atoms with E-state index in [9.17, 15) is 19.2 Å². The van der Waals surface area contributed by atoms with Crippen LogP contribution < -0.4 is 21.7 Å². The number of carbonyl (C=O) groups is 4. The molecule has 0 radical (unpaired) electrons. The third-order valence-corrected chi connectivity index (χ3v) is 5.08.